The van der Waals surface area contributed by atoms with E-state index in [1.54, 1.807) is 24.5 Å². The summed E-state index contributed by atoms with van der Waals surface area (Å²) in [4.78, 5) is 28.5. The molecule has 3 rings (SSSR count). The summed E-state index contributed by atoms with van der Waals surface area (Å²) in [6.07, 6.45) is 7.54. The van der Waals surface area contributed by atoms with Gasteiger partial charge in [-0.15, -0.1) is 0 Å². The van der Waals surface area contributed by atoms with Gasteiger partial charge in [-0.05, 0) is 58.9 Å². The molecule has 0 saturated carbocycles. The van der Waals surface area contributed by atoms with Crippen molar-refractivity contribution in [3.05, 3.63) is 35.4 Å². The van der Waals surface area contributed by atoms with Gasteiger partial charge < -0.3 is 26.4 Å². The van der Waals surface area contributed by atoms with Crippen LogP contribution in [0.3, 0.4) is 0 Å². The third-order valence-corrected chi connectivity index (χ3v) is 6.55. The third kappa shape index (κ3) is 6.64. The Kier molecular flexibility index (Phi) is 7.58. The fourth-order valence-corrected chi connectivity index (χ4v) is 4.42. The zero-order chi connectivity index (χ0) is 24.2. The lowest BCUT2D eigenvalue weighted by atomic mass is 9.89. The van der Waals surface area contributed by atoms with Crippen molar-refractivity contribution in [2.45, 2.75) is 61.6 Å². The van der Waals surface area contributed by atoms with Crippen LogP contribution in [0.1, 0.15) is 46.2 Å². The minimum Gasteiger partial charge on any atom is -0.444 e. The molecule has 0 aliphatic carbocycles. The van der Waals surface area contributed by atoms with Crippen molar-refractivity contribution in [1.82, 2.24) is 20.3 Å². The molecule has 1 saturated heterocycles. The number of hydrogen-bond acceptors (Lipinski definition) is 9. The first-order valence-electron chi connectivity index (χ1n) is 10.6. The van der Waals surface area contributed by atoms with E-state index in [-0.39, 0.29) is 11.4 Å². The zero-order valence-electron chi connectivity index (χ0n) is 19.3. The molecule has 1 aliphatic rings. The van der Waals surface area contributed by atoms with Crippen LogP contribution in [0, 0.1) is 0 Å². The van der Waals surface area contributed by atoms with Gasteiger partial charge in [0.25, 0.3) is 0 Å². The number of nitrogens with two attached hydrogens (primary N) is 2. The first kappa shape index (κ1) is 24.9. The average molecular weight is 492 g/mol. The van der Waals surface area contributed by atoms with Crippen LogP contribution in [0.2, 0.25) is 5.02 Å². The summed E-state index contributed by atoms with van der Waals surface area (Å²) in [6, 6.07) is 1.78. The number of aromatic nitrogens is 3. The van der Waals surface area contributed by atoms with E-state index in [2.05, 4.69) is 20.2 Å². The molecule has 1 aliphatic heterocycles. The summed E-state index contributed by atoms with van der Waals surface area (Å²) in [6.45, 7) is 8.98. The van der Waals surface area contributed by atoms with Gasteiger partial charge >= 0.3 is 6.09 Å². The summed E-state index contributed by atoms with van der Waals surface area (Å²) in [5, 5.41) is 4.07. The molecule has 0 radical (unpaired) electrons. The lowest BCUT2D eigenvalue weighted by Gasteiger charge is -2.40. The number of alkyl carbamates (subject to hydrolysis) is 1. The molecule has 178 valence electrons. The highest BCUT2D eigenvalue weighted by atomic mass is 35.5. The molecule has 0 unspecified atom stereocenters. The van der Waals surface area contributed by atoms with Crippen LogP contribution in [0.25, 0.3) is 6.08 Å². The molecule has 1 amide bonds. The number of nitrogen functional groups attached to an aromatic ring is 1. The van der Waals surface area contributed by atoms with Gasteiger partial charge in [0.2, 0.25) is 0 Å². The number of hydrogen-bond donors (Lipinski definition) is 3. The molecule has 0 atom stereocenters. The van der Waals surface area contributed by atoms with Crippen LogP contribution >= 0.6 is 23.4 Å². The number of amides is 1. The Labute approximate surface area is 203 Å². The van der Waals surface area contributed by atoms with E-state index >= 15 is 0 Å². The molecule has 2 aromatic rings. The van der Waals surface area contributed by atoms with Crippen molar-refractivity contribution in [2.24, 2.45) is 5.73 Å². The predicted molar refractivity (Wildman–Crippen MR) is 132 cm³/mol. The largest absolute Gasteiger partial charge is 0.444 e. The standard InChI is InChI=1S/C22H30ClN7O2S/c1-21(2,3)32-20(31)29-22(4)7-11-30(12-8-22)19-14(5-9-24)28-16(13-27-19)33-15-6-10-26-18(25)17(15)23/h5-6,9-10,13H,7-8,11-12,24H2,1-4H3,(H2,25,26)(H,29,31). The molecule has 5 N–H and O–H groups in total. The normalized spacial score (nSPS) is 16.1. The van der Waals surface area contributed by atoms with E-state index in [4.69, 9.17) is 32.8 Å². The molecule has 1 fully saturated rings. The molecular weight excluding hydrogens is 462 g/mol. The highest BCUT2D eigenvalue weighted by Gasteiger charge is 2.34. The number of pyridine rings is 1. The summed E-state index contributed by atoms with van der Waals surface area (Å²) >= 11 is 7.61. The number of nitrogens with zero attached hydrogens (tertiary/aromatic N) is 4. The lowest BCUT2D eigenvalue weighted by Crippen LogP contribution is -2.54. The molecule has 9 nitrogen and oxygen atoms in total. The Bertz CT molecular complexity index is 1030. The molecular formula is C22H30ClN7O2S. The molecule has 11 heteroatoms. The van der Waals surface area contributed by atoms with Crippen LogP contribution in [-0.4, -0.2) is 45.3 Å². The minimum absolute atomic E-state index is 0.268. The number of carbonyl (C=O) groups is 1. The zero-order valence-corrected chi connectivity index (χ0v) is 20.8. The van der Waals surface area contributed by atoms with Crippen molar-refractivity contribution in [3.63, 3.8) is 0 Å². The van der Waals surface area contributed by atoms with Crippen molar-refractivity contribution >= 4 is 47.2 Å². The SMILES string of the molecule is CC1(NC(=O)OC(C)(C)C)CCN(c2ncc(Sc3ccnc(N)c3Cl)nc2C=CN)CC1. The molecule has 0 spiro atoms. The first-order chi connectivity index (χ1) is 15.5. The van der Waals surface area contributed by atoms with E-state index in [1.165, 1.54) is 18.0 Å². The van der Waals surface area contributed by atoms with E-state index < -0.39 is 11.7 Å². The summed E-state index contributed by atoms with van der Waals surface area (Å²) in [5.74, 6) is 1.00. The van der Waals surface area contributed by atoms with Crippen LogP contribution in [-0.2, 0) is 4.74 Å². The molecule has 2 aromatic heterocycles. The number of nitrogens with one attached hydrogen (secondary N) is 1. The maximum atomic E-state index is 12.2. The van der Waals surface area contributed by atoms with E-state index in [0.717, 1.165) is 23.6 Å². The highest BCUT2D eigenvalue weighted by molar-refractivity contribution is 7.99. The second-order valence-corrected chi connectivity index (χ2v) is 10.5. The second kappa shape index (κ2) is 10.0. The summed E-state index contributed by atoms with van der Waals surface area (Å²) in [7, 11) is 0. The van der Waals surface area contributed by atoms with Crippen molar-refractivity contribution in [1.29, 1.82) is 0 Å². The van der Waals surface area contributed by atoms with Crippen LogP contribution in [0.15, 0.2) is 34.6 Å². The third-order valence-electron chi connectivity index (χ3n) is 5.08. The highest BCUT2D eigenvalue weighted by Crippen LogP contribution is 2.35. The number of halogens is 1. The van der Waals surface area contributed by atoms with Gasteiger partial charge in [0.1, 0.15) is 22.1 Å². The van der Waals surface area contributed by atoms with Gasteiger partial charge in [-0.2, -0.15) is 0 Å². The maximum absolute atomic E-state index is 12.2. The number of anilines is 2. The van der Waals surface area contributed by atoms with Crippen molar-refractivity contribution in [3.8, 4) is 0 Å². The van der Waals surface area contributed by atoms with E-state index in [1.807, 2.05) is 27.7 Å². The molecule has 3 heterocycles. The quantitative estimate of drug-likeness (QED) is 0.565. The smallest absolute Gasteiger partial charge is 0.408 e. The number of rotatable bonds is 5. The Morgan fingerprint density at radius 3 is 2.67 bits per heavy atom. The van der Waals surface area contributed by atoms with E-state index in [9.17, 15) is 4.79 Å². The Morgan fingerprint density at radius 2 is 2.03 bits per heavy atom. The number of ether oxygens (including phenoxy) is 1. The van der Waals surface area contributed by atoms with Gasteiger partial charge in [-0.25, -0.2) is 19.7 Å². The van der Waals surface area contributed by atoms with Crippen LogP contribution in [0.5, 0.6) is 0 Å². The average Bonchev–Trinajstić information content (AvgIpc) is 2.71. The van der Waals surface area contributed by atoms with Crippen molar-refractivity contribution < 1.29 is 9.53 Å². The summed E-state index contributed by atoms with van der Waals surface area (Å²) < 4.78 is 5.41. The lowest BCUT2D eigenvalue weighted by molar-refractivity contribution is 0.0448. The molecule has 33 heavy (non-hydrogen) atoms. The Morgan fingerprint density at radius 1 is 1.33 bits per heavy atom. The fourth-order valence-electron chi connectivity index (χ4n) is 3.40. The van der Waals surface area contributed by atoms with Crippen molar-refractivity contribution in [2.75, 3.05) is 23.7 Å². The topological polar surface area (TPSA) is 132 Å². The van der Waals surface area contributed by atoms with Crippen LogP contribution < -0.4 is 21.7 Å². The van der Waals surface area contributed by atoms with Gasteiger partial charge in [-0.3, -0.25) is 0 Å². The number of carbonyl (C=O) groups excluding carboxylic acids is 1. The van der Waals surface area contributed by atoms with Gasteiger partial charge in [0.05, 0.1) is 11.2 Å². The van der Waals surface area contributed by atoms with Crippen LogP contribution in [0.4, 0.5) is 16.4 Å². The molecule has 0 bridgehead atoms. The van der Waals surface area contributed by atoms with E-state index in [0.29, 0.717) is 28.8 Å². The predicted octanol–water partition coefficient (Wildman–Crippen LogP) is 4.07. The summed E-state index contributed by atoms with van der Waals surface area (Å²) in [5.41, 5.74) is 11.2. The fraction of sp³-hybridized carbons (Fsp3) is 0.455. The van der Waals surface area contributed by atoms with Gasteiger partial charge in [0, 0.05) is 29.7 Å². The molecule has 0 aromatic carbocycles. The Balaban J connectivity index is 1.72. The first-order valence-corrected chi connectivity index (χ1v) is 11.8. The Hall–Kier alpha value is -2.72. The maximum Gasteiger partial charge on any atom is 0.408 e. The van der Waals surface area contributed by atoms with Gasteiger partial charge in [-0.1, -0.05) is 23.4 Å². The second-order valence-electron chi connectivity index (χ2n) is 9.06. The minimum atomic E-state index is -0.536. The monoisotopic (exact) mass is 491 g/mol. The number of piperidine rings is 1. The van der Waals surface area contributed by atoms with Gasteiger partial charge in [0.15, 0.2) is 5.82 Å².